The summed E-state index contributed by atoms with van der Waals surface area (Å²) in [5, 5.41) is 2.67. The molecule has 8 nitrogen and oxygen atoms in total. The zero-order valence-electron chi connectivity index (χ0n) is 16.2. The fraction of sp³-hybridized carbons (Fsp3) is 0.316. The summed E-state index contributed by atoms with van der Waals surface area (Å²) >= 11 is 0. The topological polar surface area (TPSA) is 88.2 Å². The minimum atomic E-state index is -3.80. The summed E-state index contributed by atoms with van der Waals surface area (Å²) in [7, 11) is 0.624. The van der Waals surface area contributed by atoms with Crippen molar-refractivity contribution in [3.8, 4) is 11.5 Å². The first-order valence-corrected chi connectivity index (χ1v) is 10.0. The number of rotatable bonds is 10. The van der Waals surface area contributed by atoms with Gasteiger partial charge in [-0.25, -0.2) is 4.31 Å². The van der Waals surface area contributed by atoms with Crippen molar-refractivity contribution < 1.29 is 22.7 Å². The minimum Gasteiger partial charge on any atom is -0.497 e. The fourth-order valence-corrected chi connectivity index (χ4v) is 3.38. The molecule has 2 rings (SSSR count). The van der Waals surface area contributed by atoms with Crippen LogP contribution in [0.3, 0.4) is 0 Å². The molecule has 0 atom stereocenters. The van der Waals surface area contributed by atoms with Gasteiger partial charge < -0.3 is 14.8 Å². The van der Waals surface area contributed by atoms with Gasteiger partial charge in [0.05, 0.1) is 19.3 Å². The number of nitrogens with zero attached hydrogens (tertiary/aromatic N) is 2. The molecule has 28 heavy (non-hydrogen) atoms. The van der Waals surface area contributed by atoms with Crippen molar-refractivity contribution in [2.45, 2.75) is 0 Å². The SMILES string of the molecule is COc1ccc(OCCNC(=O)CN(c2ccccc2)S(=O)(=O)N(C)C)cc1. The number of hydrogen-bond acceptors (Lipinski definition) is 5. The second kappa shape index (κ2) is 9.95. The van der Waals surface area contributed by atoms with E-state index in [2.05, 4.69) is 5.32 Å². The van der Waals surface area contributed by atoms with E-state index in [4.69, 9.17) is 9.47 Å². The highest BCUT2D eigenvalue weighted by Crippen LogP contribution is 2.19. The molecule has 0 unspecified atom stereocenters. The largest absolute Gasteiger partial charge is 0.497 e. The standard InChI is InChI=1S/C19H25N3O5S/c1-21(2)28(24,25)22(16-7-5-4-6-8-16)15-19(23)20-13-14-27-18-11-9-17(26-3)10-12-18/h4-12H,13-15H2,1-3H3,(H,20,23). The molecule has 0 saturated heterocycles. The summed E-state index contributed by atoms with van der Waals surface area (Å²) in [6.45, 7) is 0.173. The van der Waals surface area contributed by atoms with Crippen molar-refractivity contribution in [2.75, 3.05) is 45.2 Å². The van der Waals surface area contributed by atoms with Crippen LogP contribution >= 0.6 is 0 Å². The number of hydrogen-bond donors (Lipinski definition) is 1. The first-order valence-electron chi connectivity index (χ1n) is 8.63. The molecule has 0 aliphatic rings. The van der Waals surface area contributed by atoms with Crippen LogP contribution in [0.5, 0.6) is 11.5 Å². The molecule has 0 aliphatic heterocycles. The van der Waals surface area contributed by atoms with Crippen LogP contribution in [0, 0.1) is 0 Å². The van der Waals surface area contributed by atoms with Crippen molar-refractivity contribution in [3.05, 3.63) is 54.6 Å². The van der Waals surface area contributed by atoms with Gasteiger partial charge in [0, 0.05) is 14.1 Å². The summed E-state index contributed by atoms with van der Waals surface area (Å²) in [5.41, 5.74) is 0.417. The van der Waals surface area contributed by atoms with Gasteiger partial charge in [-0.15, -0.1) is 0 Å². The maximum absolute atomic E-state index is 12.6. The van der Waals surface area contributed by atoms with Crippen molar-refractivity contribution in [2.24, 2.45) is 0 Å². The first kappa shape index (κ1) is 21.5. The number of amides is 1. The van der Waals surface area contributed by atoms with Crippen LogP contribution in [-0.2, 0) is 15.0 Å². The van der Waals surface area contributed by atoms with Gasteiger partial charge >= 0.3 is 10.2 Å². The zero-order chi connectivity index (χ0) is 20.6. The molecule has 9 heteroatoms. The average Bonchev–Trinajstić information content (AvgIpc) is 2.70. The van der Waals surface area contributed by atoms with E-state index in [1.165, 1.54) is 14.1 Å². The third-order valence-electron chi connectivity index (χ3n) is 3.82. The molecule has 0 heterocycles. The number of anilines is 1. The molecular weight excluding hydrogens is 382 g/mol. The summed E-state index contributed by atoms with van der Waals surface area (Å²) in [6.07, 6.45) is 0. The third kappa shape index (κ3) is 5.86. The Morgan fingerprint density at radius 1 is 1.00 bits per heavy atom. The fourth-order valence-electron chi connectivity index (χ4n) is 2.32. The number of nitrogens with one attached hydrogen (secondary N) is 1. The number of methoxy groups -OCH3 is 1. The molecule has 1 N–H and O–H groups in total. The Labute approximate surface area is 165 Å². The van der Waals surface area contributed by atoms with Crippen LogP contribution in [0.1, 0.15) is 0 Å². The normalized spacial score (nSPS) is 11.1. The molecule has 0 aromatic heterocycles. The van der Waals surface area contributed by atoms with Gasteiger partial charge in [0.25, 0.3) is 0 Å². The Morgan fingerprint density at radius 2 is 1.61 bits per heavy atom. The second-order valence-electron chi connectivity index (χ2n) is 6.01. The van der Waals surface area contributed by atoms with Crippen molar-refractivity contribution in [1.29, 1.82) is 0 Å². The summed E-state index contributed by atoms with van der Waals surface area (Å²) in [5.74, 6) is 0.951. The number of benzene rings is 2. The van der Waals surface area contributed by atoms with Crippen LogP contribution in [0.15, 0.2) is 54.6 Å². The van der Waals surface area contributed by atoms with E-state index in [9.17, 15) is 13.2 Å². The second-order valence-corrected chi connectivity index (χ2v) is 8.07. The van der Waals surface area contributed by atoms with E-state index < -0.39 is 16.1 Å². The minimum absolute atomic E-state index is 0.246. The lowest BCUT2D eigenvalue weighted by atomic mass is 10.3. The van der Waals surface area contributed by atoms with Crippen LogP contribution in [0.25, 0.3) is 0 Å². The van der Waals surface area contributed by atoms with Gasteiger partial charge in [0.2, 0.25) is 5.91 Å². The molecule has 0 bridgehead atoms. The molecule has 1 amide bonds. The molecule has 2 aromatic carbocycles. The summed E-state index contributed by atoms with van der Waals surface area (Å²) in [6, 6.07) is 15.6. The lowest BCUT2D eigenvalue weighted by Crippen LogP contribution is -2.46. The van der Waals surface area contributed by atoms with E-state index in [0.717, 1.165) is 14.4 Å². The van der Waals surface area contributed by atoms with Crippen molar-refractivity contribution >= 4 is 21.8 Å². The smallest absolute Gasteiger partial charge is 0.304 e. The van der Waals surface area contributed by atoms with E-state index in [1.807, 2.05) is 0 Å². The van der Waals surface area contributed by atoms with E-state index in [0.29, 0.717) is 11.4 Å². The lowest BCUT2D eigenvalue weighted by Gasteiger charge is -2.26. The molecule has 0 aliphatic carbocycles. The summed E-state index contributed by atoms with van der Waals surface area (Å²) in [4.78, 5) is 12.3. The highest BCUT2D eigenvalue weighted by molar-refractivity contribution is 7.90. The molecule has 2 aromatic rings. The van der Waals surface area contributed by atoms with E-state index in [1.54, 1.807) is 61.7 Å². The highest BCUT2D eigenvalue weighted by atomic mass is 32.2. The predicted octanol–water partition coefficient (Wildman–Crippen LogP) is 1.50. The van der Waals surface area contributed by atoms with Gasteiger partial charge in [0.1, 0.15) is 24.7 Å². The van der Waals surface area contributed by atoms with Gasteiger partial charge in [0.15, 0.2) is 0 Å². The first-order chi connectivity index (χ1) is 13.3. The molecule has 0 saturated carbocycles. The van der Waals surface area contributed by atoms with Gasteiger partial charge in [-0.1, -0.05) is 18.2 Å². The number of carbonyl (C=O) groups is 1. The Hall–Kier alpha value is -2.78. The highest BCUT2D eigenvalue weighted by Gasteiger charge is 2.26. The maximum Gasteiger partial charge on any atom is 0.304 e. The number of carbonyl (C=O) groups excluding carboxylic acids is 1. The van der Waals surface area contributed by atoms with Crippen molar-refractivity contribution in [3.63, 3.8) is 0 Å². The third-order valence-corrected chi connectivity index (χ3v) is 5.64. The lowest BCUT2D eigenvalue weighted by molar-refractivity contribution is -0.119. The van der Waals surface area contributed by atoms with Crippen LogP contribution < -0.4 is 19.1 Å². The average molecular weight is 407 g/mol. The molecule has 0 spiro atoms. The van der Waals surface area contributed by atoms with E-state index >= 15 is 0 Å². The summed E-state index contributed by atoms with van der Waals surface area (Å²) < 4.78 is 37.9. The van der Waals surface area contributed by atoms with Gasteiger partial charge in [-0.05, 0) is 36.4 Å². The van der Waals surface area contributed by atoms with Crippen LogP contribution in [0.2, 0.25) is 0 Å². The Bertz CT molecular complexity index is 855. The van der Waals surface area contributed by atoms with Crippen LogP contribution in [0.4, 0.5) is 5.69 Å². The zero-order valence-corrected chi connectivity index (χ0v) is 17.0. The monoisotopic (exact) mass is 407 g/mol. The van der Waals surface area contributed by atoms with Gasteiger partial charge in [-0.2, -0.15) is 12.7 Å². The predicted molar refractivity (Wildman–Crippen MR) is 108 cm³/mol. The Morgan fingerprint density at radius 3 is 2.18 bits per heavy atom. The molecule has 0 fully saturated rings. The molecular formula is C19H25N3O5S. The number of para-hydroxylation sites is 1. The van der Waals surface area contributed by atoms with E-state index in [-0.39, 0.29) is 19.7 Å². The Balaban J connectivity index is 1.91. The number of ether oxygens (including phenoxy) is 2. The Kier molecular flexibility index (Phi) is 7.65. The van der Waals surface area contributed by atoms with Crippen LogP contribution in [-0.4, -0.2) is 59.5 Å². The van der Waals surface area contributed by atoms with Crippen molar-refractivity contribution in [1.82, 2.24) is 9.62 Å². The van der Waals surface area contributed by atoms with Gasteiger partial charge in [-0.3, -0.25) is 4.79 Å². The molecule has 0 radical (unpaired) electrons. The quantitative estimate of drug-likeness (QED) is 0.603. The maximum atomic E-state index is 12.6. The molecule has 152 valence electrons.